The first-order valence-electron chi connectivity index (χ1n) is 11.3. The summed E-state index contributed by atoms with van der Waals surface area (Å²) in [5.74, 6) is -0.167. The average Bonchev–Trinajstić information content (AvgIpc) is 3.25. The molecule has 7 nitrogen and oxygen atoms in total. The van der Waals surface area contributed by atoms with Crippen LogP contribution in [0.5, 0.6) is 0 Å². The van der Waals surface area contributed by atoms with Gasteiger partial charge in [-0.1, -0.05) is 18.9 Å². The summed E-state index contributed by atoms with van der Waals surface area (Å²) in [6, 6.07) is 7.72. The lowest BCUT2D eigenvalue weighted by atomic mass is 9.92. The maximum atomic E-state index is 13.8. The van der Waals surface area contributed by atoms with Crippen LogP contribution in [0, 0.1) is 18.7 Å². The van der Waals surface area contributed by atoms with Crippen LogP contribution in [0.1, 0.15) is 48.2 Å². The van der Waals surface area contributed by atoms with E-state index in [9.17, 15) is 17.6 Å². The number of piperidine rings is 1. The van der Waals surface area contributed by atoms with Crippen molar-refractivity contribution in [3.63, 3.8) is 0 Å². The fraction of sp³-hybridized carbons (Fsp3) is 0.417. The van der Waals surface area contributed by atoms with Crippen molar-refractivity contribution in [1.82, 2.24) is 19.6 Å². The zero-order valence-electron chi connectivity index (χ0n) is 18.7. The highest BCUT2D eigenvalue weighted by atomic mass is 32.2. The average molecular weight is 473 g/mol. The summed E-state index contributed by atoms with van der Waals surface area (Å²) in [6.45, 7) is 3.12. The normalized spacial score (nSPS) is 15.7. The van der Waals surface area contributed by atoms with Gasteiger partial charge in [0.25, 0.3) is 5.91 Å². The van der Waals surface area contributed by atoms with Gasteiger partial charge in [-0.05, 0) is 61.9 Å². The molecule has 1 aliphatic rings. The number of nitrogens with one attached hydrogen (secondary N) is 2. The van der Waals surface area contributed by atoms with Gasteiger partial charge in [-0.25, -0.2) is 12.8 Å². The van der Waals surface area contributed by atoms with E-state index in [1.165, 1.54) is 16.4 Å². The molecule has 0 aliphatic carbocycles. The number of unbranched alkanes of at least 4 members (excludes halogenated alkanes) is 1. The van der Waals surface area contributed by atoms with Gasteiger partial charge in [0.2, 0.25) is 10.0 Å². The molecule has 1 amide bonds. The van der Waals surface area contributed by atoms with Gasteiger partial charge in [0.15, 0.2) is 0 Å². The van der Waals surface area contributed by atoms with E-state index < -0.39 is 15.8 Å². The molecule has 0 atom stereocenters. The number of hydrogen-bond donors (Lipinski definition) is 2. The first-order valence-corrected chi connectivity index (χ1v) is 12.8. The third-order valence-corrected chi connectivity index (χ3v) is 8.24. The Bertz CT molecular complexity index is 1200. The standard InChI is InChI=1S/C24H29FN4O3S/c1-17-5-6-20(15-21(17)25)33(31,32)29-12-8-18(9-13-29)4-2-3-10-27-24(30)23-14-19-16-26-11-7-22(19)28-23/h5-7,11,14-16,18,28H,2-4,8-10,12-13H2,1H3,(H,27,30). The molecule has 1 aromatic carbocycles. The predicted molar refractivity (Wildman–Crippen MR) is 125 cm³/mol. The van der Waals surface area contributed by atoms with Crippen LogP contribution in [-0.4, -0.2) is 48.2 Å². The number of H-pyrrole nitrogens is 1. The smallest absolute Gasteiger partial charge is 0.267 e. The van der Waals surface area contributed by atoms with E-state index >= 15 is 0 Å². The van der Waals surface area contributed by atoms with Crippen LogP contribution in [0.15, 0.2) is 47.6 Å². The van der Waals surface area contributed by atoms with E-state index in [0.717, 1.165) is 49.1 Å². The van der Waals surface area contributed by atoms with E-state index in [4.69, 9.17) is 0 Å². The quantitative estimate of drug-likeness (QED) is 0.484. The predicted octanol–water partition coefficient (Wildman–Crippen LogP) is 4.01. The van der Waals surface area contributed by atoms with Gasteiger partial charge in [-0.3, -0.25) is 9.78 Å². The third kappa shape index (κ3) is 5.42. The van der Waals surface area contributed by atoms with Crippen molar-refractivity contribution in [2.45, 2.75) is 43.9 Å². The number of aromatic amines is 1. The molecular formula is C24H29FN4O3S. The van der Waals surface area contributed by atoms with Gasteiger partial charge in [-0.2, -0.15) is 4.31 Å². The molecule has 2 aromatic heterocycles. The summed E-state index contributed by atoms with van der Waals surface area (Å²) in [7, 11) is -3.66. The molecule has 0 radical (unpaired) electrons. The lowest BCUT2D eigenvalue weighted by Gasteiger charge is -2.31. The van der Waals surface area contributed by atoms with Gasteiger partial charge in [0.05, 0.1) is 4.90 Å². The highest BCUT2D eigenvalue weighted by Gasteiger charge is 2.29. The Balaban J connectivity index is 1.17. The molecule has 1 saturated heterocycles. The minimum atomic E-state index is -3.66. The summed E-state index contributed by atoms with van der Waals surface area (Å²) < 4.78 is 40.9. The second-order valence-electron chi connectivity index (χ2n) is 8.66. The maximum Gasteiger partial charge on any atom is 0.267 e. The van der Waals surface area contributed by atoms with Gasteiger partial charge in [0, 0.05) is 42.9 Å². The Morgan fingerprint density at radius 2 is 2.00 bits per heavy atom. The molecule has 0 unspecified atom stereocenters. The Labute approximate surface area is 193 Å². The summed E-state index contributed by atoms with van der Waals surface area (Å²) in [5.41, 5.74) is 1.85. The minimum Gasteiger partial charge on any atom is -0.351 e. The largest absolute Gasteiger partial charge is 0.351 e. The molecule has 1 aliphatic heterocycles. The molecule has 9 heteroatoms. The van der Waals surface area contributed by atoms with E-state index in [1.54, 1.807) is 25.4 Å². The Kier molecular flexibility index (Phi) is 7.09. The van der Waals surface area contributed by atoms with E-state index in [1.807, 2.05) is 6.07 Å². The molecule has 2 N–H and O–H groups in total. The number of pyridine rings is 1. The molecular weight excluding hydrogens is 443 g/mol. The van der Waals surface area contributed by atoms with Crippen LogP contribution in [-0.2, 0) is 10.0 Å². The van der Waals surface area contributed by atoms with E-state index in [0.29, 0.717) is 36.8 Å². The molecule has 4 rings (SSSR count). The molecule has 0 spiro atoms. The summed E-state index contributed by atoms with van der Waals surface area (Å²) in [6.07, 6.45) is 7.83. The van der Waals surface area contributed by atoms with Crippen LogP contribution in [0.3, 0.4) is 0 Å². The number of fused-ring (bicyclic) bond motifs is 1. The van der Waals surface area contributed by atoms with Gasteiger partial charge < -0.3 is 10.3 Å². The van der Waals surface area contributed by atoms with Crippen LogP contribution in [0.2, 0.25) is 0 Å². The fourth-order valence-corrected chi connectivity index (χ4v) is 5.75. The fourth-order valence-electron chi connectivity index (χ4n) is 4.27. The molecule has 1 fully saturated rings. The third-order valence-electron chi connectivity index (χ3n) is 6.34. The van der Waals surface area contributed by atoms with Gasteiger partial charge in [0.1, 0.15) is 11.5 Å². The van der Waals surface area contributed by atoms with Gasteiger partial charge >= 0.3 is 0 Å². The maximum absolute atomic E-state index is 13.8. The number of carbonyl (C=O) groups excluding carboxylic acids is 1. The van der Waals surface area contributed by atoms with Crippen molar-refractivity contribution in [3.8, 4) is 0 Å². The Morgan fingerprint density at radius 1 is 1.21 bits per heavy atom. The molecule has 3 aromatic rings. The topological polar surface area (TPSA) is 95.2 Å². The number of aryl methyl sites for hydroxylation is 1. The summed E-state index contributed by atoms with van der Waals surface area (Å²) in [4.78, 5) is 19.5. The number of aromatic nitrogens is 2. The highest BCUT2D eigenvalue weighted by Crippen LogP contribution is 2.27. The second kappa shape index (κ2) is 10.0. The number of amides is 1. The number of sulfonamides is 1. The first-order chi connectivity index (χ1) is 15.8. The van der Waals surface area contributed by atoms with Crippen LogP contribution in [0.4, 0.5) is 4.39 Å². The first kappa shape index (κ1) is 23.4. The van der Waals surface area contributed by atoms with Crippen molar-refractivity contribution in [1.29, 1.82) is 0 Å². The molecule has 0 bridgehead atoms. The highest BCUT2D eigenvalue weighted by molar-refractivity contribution is 7.89. The number of benzene rings is 1. The molecule has 3 heterocycles. The molecule has 0 saturated carbocycles. The molecule has 176 valence electrons. The number of hydrogen-bond acceptors (Lipinski definition) is 4. The van der Waals surface area contributed by atoms with Crippen LogP contribution < -0.4 is 5.32 Å². The van der Waals surface area contributed by atoms with E-state index in [2.05, 4.69) is 15.3 Å². The zero-order chi connectivity index (χ0) is 23.4. The SMILES string of the molecule is Cc1ccc(S(=O)(=O)N2CCC(CCCCNC(=O)c3cc4cnccc4[nH]3)CC2)cc1F. The second-order valence-corrected chi connectivity index (χ2v) is 10.6. The Hall–Kier alpha value is -2.78. The van der Waals surface area contributed by atoms with Crippen molar-refractivity contribution >= 4 is 26.8 Å². The van der Waals surface area contributed by atoms with Gasteiger partial charge in [-0.15, -0.1) is 0 Å². The number of halogens is 1. The number of rotatable bonds is 8. The number of nitrogens with zero attached hydrogens (tertiary/aromatic N) is 2. The monoisotopic (exact) mass is 472 g/mol. The van der Waals surface area contributed by atoms with Crippen LogP contribution >= 0.6 is 0 Å². The summed E-state index contributed by atoms with van der Waals surface area (Å²) in [5, 5.41) is 3.85. The molecule has 33 heavy (non-hydrogen) atoms. The zero-order valence-corrected chi connectivity index (χ0v) is 19.5. The van der Waals surface area contributed by atoms with Crippen LogP contribution in [0.25, 0.3) is 10.9 Å². The lowest BCUT2D eigenvalue weighted by Crippen LogP contribution is -2.38. The lowest BCUT2D eigenvalue weighted by molar-refractivity contribution is 0.0948. The number of carbonyl (C=O) groups is 1. The van der Waals surface area contributed by atoms with Crippen molar-refractivity contribution in [2.75, 3.05) is 19.6 Å². The van der Waals surface area contributed by atoms with Crippen molar-refractivity contribution in [3.05, 3.63) is 59.8 Å². The van der Waals surface area contributed by atoms with Crippen molar-refractivity contribution in [2.24, 2.45) is 5.92 Å². The Morgan fingerprint density at radius 3 is 2.73 bits per heavy atom. The summed E-state index contributed by atoms with van der Waals surface area (Å²) >= 11 is 0. The minimum absolute atomic E-state index is 0.0195. The van der Waals surface area contributed by atoms with Crippen molar-refractivity contribution < 1.29 is 17.6 Å². The van der Waals surface area contributed by atoms with E-state index in [-0.39, 0.29) is 10.8 Å².